The lowest BCUT2D eigenvalue weighted by molar-refractivity contribution is 0.592. The van der Waals surface area contributed by atoms with Crippen LogP contribution in [0.1, 0.15) is 30.9 Å². The van der Waals surface area contributed by atoms with Crippen LogP contribution in [0.3, 0.4) is 0 Å². The Hall–Kier alpha value is -3.66. The van der Waals surface area contributed by atoms with Crippen LogP contribution < -0.4 is 5.73 Å². The first-order valence-electron chi connectivity index (χ1n) is 11.6. The molecule has 0 amide bonds. The number of benzene rings is 3. The zero-order chi connectivity index (χ0) is 25.0. The number of sulfone groups is 1. The number of hydrogen-bond donors (Lipinski definition) is 1. The molecule has 0 aliphatic heterocycles. The maximum atomic E-state index is 13.6. The van der Waals surface area contributed by atoms with E-state index in [1.807, 2.05) is 60.0 Å². The molecular weight excluding hydrogens is 490 g/mol. The van der Waals surface area contributed by atoms with Gasteiger partial charge in [0, 0.05) is 12.1 Å². The minimum Gasteiger partial charge on any atom is -0.326 e. The van der Waals surface area contributed by atoms with E-state index >= 15 is 0 Å². The van der Waals surface area contributed by atoms with Gasteiger partial charge in [0.1, 0.15) is 0 Å². The summed E-state index contributed by atoms with van der Waals surface area (Å²) < 4.78 is 29.7. The molecule has 0 fully saturated rings. The summed E-state index contributed by atoms with van der Waals surface area (Å²) in [4.78, 5) is 5.04. The van der Waals surface area contributed by atoms with Crippen molar-refractivity contribution in [3.8, 4) is 11.3 Å². The average molecular weight is 514 g/mol. The van der Waals surface area contributed by atoms with E-state index in [1.54, 1.807) is 12.1 Å². The van der Waals surface area contributed by atoms with Gasteiger partial charge in [0.05, 0.1) is 20.8 Å². The summed E-state index contributed by atoms with van der Waals surface area (Å²) in [5.41, 5.74) is 10.7. The van der Waals surface area contributed by atoms with Gasteiger partial charge in [0.2, 0.25) is 14.9 Å². The first kappa shape index (κ1) is 22.8. The van der Waals surface area contributed by atoms with E-state index < -0.39 is 9.84 Å². The minimum atomic E-state index is -3.94. The van der Waals surface area contributed by atoms with Gasteiger partial charge in [-0.2, -0.15) is 4.52 Å². The molecule has 6 aromatic rings. The molecule has 0 aliphatic carbocycles. The number of thiophene rings is 1. The van der Waals surface area contributed by atoms with Gasteiger partial charge >= 0.3 is 0 Å². The van der Waals surface area contributed by atoms with Gasteiger partial charge in [0.25, 0.3) is 0 Å². The molecule has 0 spiro atoms. The Morgan fingerprint density at radius 1 is 1.00 bits per heavy atom. The topological polar surface area (TPSA) is 103 Å². The standard InChI is InChI=1S/C27H23N5O2S2/c1-16(2)17-7-10-19(11-8-17)36(33,34)27-26-29-24(25-23(13-14-35-25)32(26)31-30-27)21-12-9-18-5-3-4-6-20(18)22(21)15-28/h3-14,16H,15,28H2,1-2H3. The van der Waals surface area contributed by atoms with Crippen molar-refractivity contribution >= 4 is 47.8 Å². The third-order valence-electron chi connectivity index (χ3n) is 6.53. The van der Waals surface area contributed by atoms with Crippen molar-refractivity contribution in [3.63, 3.8) is 0 Å². The van der Waals surface area contributed by atoms with Crippen LogP contribution in [-0.4, -0.2) is 28.2 Å². The van der Waals surface area contributed by atoms with Gasteiger partial charge in [0.15, 0.2) is 5.65 Å². The highest BCUT2D eigenvalue weighted by Crippen LogP contribution is 2.37. The quantitative estimate of drug-likeness (QED) is 0.323. The van der Waals surface area contributed by atoms with Crippen LogP contribution in [0, 0.1) is 0 Å². The van der Waals surface area contributed by atoms with Crippen molar-refractivity contribution in [1.29, 1.82) is 0 Å². The molecule has 0 aliphatic rings. The summed E-state index contributed by atoms with van der Waals surface area (Å²) in [7, 11) is -3.94. The number of rotatable bonds is 5. The Labute approximate surface area is 212 Å². The summed E-state index contributed by atoms with van der Waals surface area (Å²) >= 11 is 1.52. The van der Waals surface area contributed by atoms with Crippen LogP contribution >= 0.6 is 11.3 Å². The molecule has 2 N–H and O–H groups in total. The van der Waals surface area contributed by atoms with Crippen LogP contribution in [0.25, 0.3) is 37.9 Å². The molecule has 0 unspecified atom stereocenters. The lowest BCUT2D eigenvalue weighted by atomic mass is 9.96. The number of aromatic nitrogens is 4. The number of nitrogens with two attached hydrogens (primary N) is 1. The largest absolute Gasteiger partial charge is 0.326 e. The maximum Gasteiger partial charge on any atom is 0.229 e. The van der Waals surface area contributed by atoms with Crippen molar-refractivity contribution in [3.05, 3.63) is 83.2 Å². The van der Waals surface area contributed by atoms with Gasteiger partial charge < -0.3 is 5.73 Å². The summed E-state index contributed by atoms with van der Waals surface area (Å²) in [6, 6.07) is 20.9. The predicted octanol–water partition coefficient (Wildman–Crippen LogP) is 5.57. The highest BCUT2D eigenvalue weighted by molar-refractivity contribution is 7.91. The fourth-order valence-electron chi connectivity index (χ4n) is 4.60. The first-order chi connectivity index (χ1) is 17.4. The van der Waals surface area contributed by atoms with Crippen molar-refractivity contribution in [1.82, 2.24) is 19.8 Å². The van der Waals surface area contributed by atoms with Gasteiger partial charge in [-0.3, -0.25) is 0 Å². The molecule has 6 rings (SSSR count). The number of nitrogens with zero attached hydrogens (tertiary/aromatic N) is 4. The third-order valence-corrected chi connectivity index (χ3v) is 9.11. The second kappa shape index (κ2) is 8.48. The Morgan fingerprint density at radius 2 is 1.78 bits per heavy atom. The SMILES string of the molecule is CC(C)c1ccc(S(=O)(=O)c2nnn3c2nc(-c2ccc4ccccc4c2CN)c2sccc23)cc1. The Morgan fingerprint density at radius 3 is 2.53 bits per heavy atom. The van der Waals surface area contributed by atoms with E-state index in [1.165, 1.54) is 15.9 Å². The van der Waals surface area contributed by atoms with E-state index in [-0.39, 0.29) is 15.6 Å². The summed E-state index contributed by atoms with van der Waals surface area (Å²) in [5.74, 6) is 0.298. The fraction of sp³-hybridized carbons (Fsp3) is 0.148. The van der Waals surface area contributed by atoms with Crippen molar-refractivity contribution < 1.29 is 8.42 Å². The third kappa shape index (κ3) is 3.42. The zero-order valence-corrected chi connectivity index (χ0v) is 21.3. The molecule has 0 saturated heterocycles. The van der Waals surface area contributed by atoms with Gasteiger partial charge in [-0.25, -0.2) is 13.4 Å². The van der Waals surface area contributed by atoms with Gasteiger partial charge in [-0.05, 0) is 51.4 Å². The molecular formula is C27H23N5O2S2. The lowest BCUT2D eigenvalue weighted by Gasteiger charge is -2.13. The van der Waals surface area contributed by atoms with E-state index in [2.05, 4.69) is 24.2 Å². The Balaban J connectivity index is 1.61. The summed E-state index contributed by atoms with van der Waals surface area (Å²) in [6.07, 6.45) is 0. The summed E-state index contributed by atoms with van der Waals surface area (Å²) in [6.45, 7) is 4.45. The Bertz CT molecular complexity index is 1870. The molecule has 0 radical (unpaired) electrons. The maximum absolute atomic E-state index is 13.6. The molecule has 3 aromatic carbocycles. The second-order valence-corrected chi connectivity index (χ2v) is 11.8. The fourth-order valence-corrected chi connectivity index (χ4v) is 6.71. The number of hydrogen-bond acceptors (Lipinski definition) is 7. The van der Waals surface area contributed by atoms with Crippen molar-refractivity contribution in [2.24, 2.45) is 5.73 Å². The Kier molecular flexibility index (Phi) is 5.36. The van der Waals surface area contributed by atoms with E-state index in [0.29, 0.717) is 18.2 Å². The van der Waals surface area contributed by atoms with E-state index in [4.69, 9.17) is 10.7 Å². The van der Waals surface area contributed by atoms with Gasteiger partial charge in [-0.15, -0.1) is 16.4 Å². The van der Waals surface area contributed by atoms with Crippen LogP contribution in [-0.2, 0) is 16.4 Å². The summed E-state index contributed by atoms with van der Waals surface area (Å²) in [5, 5.41) is 12.2. The van der Waals surface area contributed by atoms with Crippen LogP contribution in [0.5, 0.6) is 0 Å². The average Bonchev–Trinajstić information content (AvgIpc) is 3.55. The smallest absolute Gasteiger partial charge is 0.229 e. The first-order valence-corrected chi connectivity index (χ1v) is 13.9. The van der Waals surface area contributed by atoms with Crippen LogP contribution in [0.15, 0.2) is 82.0 Å². The zero-order valence-electron chi connectivity index (χ0n) is 19.7. The monoisotopic (exact) mass is 513 g/mol. The highest BCUT2D eigenvalue weighted by Gasteiger charge is 2.28. The molecule has 9 heteroatoms. The van der Waals surface area contributed by atoms with E-state index in [9.17, 15) is 8.42 Å². The van der Waals surface area contributed by atoms with Crippen molar-refractivity contribution in [2.75, 3.05) is 0 Å². The van der Waals surface area contributed by atoms with Crippen LogP contribution in [0.2, 0.25) is 0 Å². The highest BCUT2D eigenvalue weighted by atomic mass is 32.2. The van der Waals surface area contributed by atoms with Gasteiger partial charge in [-0.1, -0.05) is 67.6 Å². The molecule has 7 nitrogen and oxygen atoms in total. The number of fused-ring (bicyclic) bond motifs is 4. The molecule has 3 aromatic heterocycles. The normalized spacial score (nSPS) is 12.3. The molecule has 0 atom stereocenters. The molecule has 3 heterocycles. The molecule has 180 valence electrons. The molecule has 0 saturated carbocycles. The molecule has 0 bridgehead atoms. The van der Waals surface area contributed by atoms with E-state index in [0.717, 1.165) is 37.7 Å². The lowest BCUT2D eigenvalue weighted by Crippen LogP contribution is -2.06. The minimum absolute atomic E-state index is 0.163. The van der Waals surface area contributed by atoms with Crippen LogP contribution in [0.4, 0.5) is 0 Å². The second-order valence-electron chi connectivity index (χ2n) is 8.97. The van der Waals surface area contributed by atoms with Crippen molar-refractivity contribution in [2.45, 2.75) is 36.2 Å². The molecule has 36 heavy (non-hydrogen) atoms. The predicted molar refractivity (Wildman–Crippen MR) is 143 cm³/mol.